The molecule has 0 amide bonds. The fourth-order valence-corrected chi connectivity index (χ4v) is 4.55. The Kier molecular flexibility index (Phi) is 2.36. The van der Waals surface area contributed by atoms with E-state index in [2.05, 4.69) is 0 Å². The summed E-state index contributed by atoms with van der Waals surface area (Å²) >= 11 is 0. The number of hydrogen-bond donors (Lipinski definition) is 3. The van der Waals surface area contributed by atoms with Crippen LogP contribution in [0.1, 0.15) is 23.8 Å². The average molecular weight is 303 g/mol. The van der Waals surface area contributed by atoms with Crippen LogP contribution in [0.15, 0.2) is 24.3 Å². The molecule has 116 valence electrons. The number of benzene rings is 1. The van der Waals surface area contributed by atoms with Crippen LogP contribution < -0.4 is 9.47 Å². The molecule has 4 aliphatic rings. The Balaban J connectivity index is 1.79. The number of aliphatic hydroxyl groups excluding tert-OH is 3. The monoisotopic (exact) mass is 303 g/mol. The third kappa shape index (κ3) is 1.34. The van der Waals surface area contributed by atoms with Gasteiger partial charge in [-0.15, -0.1) is 0 Å². The van der Waals surface area contributed by atoms with E-state index in [0.717, 1.165) is 11.1 Å². The predicted octanol–water partition coefficient (Wildman–Crippen LogP) is 0.0235. The van der Waals surface area contributed by atoms with Gasteiger partial charge in [0.15, 0.2) is 11.5 Å². The summed E-state index contributed by atoms with van der Waals surface area (Å²) in [6.07, 6.45) is 2.17. The molecule has 22 heavy (non-hydrogen) atoms. The molecular formula is C16H17NO5. The van der Waals surface area contributed by atoms with Crippen molar-refractivity contribution in [1.82, 2.24) is 4.90 Å². The first-order chi connectivity index (χ1) is 10.6. The zero-order chi connectivity index (χ0) is 15.1. The fourth-order valence-electron chi connectivity index (χ4n) is 4.55. The lowest BCUT2D eigenvalue weighted by Gasteiger charge is -2.47. The number of nitrogens with zero attached hydrogens (tertiary/aromatic N) is 1. The molecule has 3 aliphatic heterocycles. The molecule has 6 nitrogen and oxygen atoms in total. The molecule has 0 spiro atoms. The highest BCUT2D eigenvalue weighted by atomic mass is 16.7. The van der Waals surface area contributed by atoms with Gasteiger partial charge in [0.05, 0.1) is 17.6 Å². The lowest BCUT2D eigenvalue weighted by Crippen LogP contribution is -2.53. The Hall–Kier alpha value is -1.60. The van der Waals surface area contributed by atoms with Gasteiger partial charge < -0.3 is 24.8 Å². The molecule has 0 aromatic heterocycles. The third-order valence-electron chi connectivity index (χ3n) is 5.55. The highest BCUT2D eigenvalue weighted by Gasteiger charge is 2.60. The van der Waals surface area contributed by atoms with Crippen molar-refractivity contribution in [2.45, 2.75) is 36.3 Å². The van der Waals surface area contributed by atoms with Crippen molar-refractivity contribution < 1.29 is 24.8 Å². The first-order valence-electron chi connectivity index (χ1n) is 7.54. The van der Waals surface area contributed by atoms with Gasteiger partial charge >= 0.3 is 0 Å². The van der Waals surface area contributed by atoms with Gasteiger partial charge in [0.25, 0.3) is 0 Å². The minimum atomic E-state index is -0.807. The highest BCUT2D eigenvalue weighted by Crippen LogP contribution is 2.56. The number of aliphatic hydroxyl groups is 3. The zero-order valence-electron chi connectivity index (χ0n) is 11.8. The Morgan fingerprint density at radius 2 is 1.91 bits per heavy atom. The average Bonchev–Trinajstić information content (AvgIpc) is 3.05. The minimum Gasteiger partial charge on any atom is -0.454 e. The third-order valence-corrected chi connectivity index (χ3v) is 5.55. The molecule has 2 bridgehead atoms. The summed E-state index contributed by atoms with van der Waals surface area (Å²) in [6, 6.07) is 3.57. The molecule has 6 atom stereocenters. The first kappa shape index (κ1) is 12.9. The van der Waals surface area contributed by atoms with E-state index < -0.39 is 23.9 Å². The van der Waals surface area contributed by atoms with Gasteiger partial charge in [-0.1, -0.05) is 12.2 Å². The summed E-state index contributed by atoms with van der Waals surface area (Å²) in [4.78, 5) is 1.88. The van der Waals surface area contributed by atoms with E-state index in [-0.39, 0.29) is 12.8 Å². The number of hydrogen-bond acceptors (Lipinski definition) is 6. The van der Waals surface area contributed by atoms with Crippen LogP contribution in [0.25, 0.3) is 0 Å². The molecule has 1 saturated heterocycles. The molecule has 0 saturated carbocycles. The SMILES string of the molecule is O[C@@H]1C=C[C@@]23c4cc5c(cc4[C@@H](O)N(C[C@H]2O)[C@H]3C1)OCO5. The second-order valence-electron chi connectivity index (χ2n) is 6.49. The normalized spacial score (nSPS) is 43.9. The second-order valence-corrected chi connectivity index (χ2v) is 6.49. The smallest absolute Gasteiger partial charge is 0.231 e. The highest BCUT2D eigenvalue weighted by molar-refractivity contribution is 5.57. The maximum atomic E-state index is 10.7. The molecule has 1 aromatic carbocycles. The van der Waals surface area contributed by atoms with Crippen LogP contribution in [0.4, 0.5) is 0 Å². The van der Waals surface area contributed by atoms with E-state index in [1.165, 1.54) is 0 Å². The number of fused-ring (bicyclic) bond motifs is 2. The van der Waals surface area contributed by atoms with Crippen LogP contribution >= 0.6 is 0 Å². The van der Waals surface area contributed by atoms with E-state index in [9.17, 15) is 15.3 Å². The van der Waals surface area contributed by atoms with Gasteiger partial charge in [-0.25, -0.2) is 0 Å². The van der Waals surface area contributed by atoms with Crippen molar-refractivity contribution in [1.29, 1.82) is 0 Å². The Bertz CT molecular complexity index is 689. The first-order valence-corrected chi connectivity index (χ1v) is 7.54. The van der Waals surface area contributed by atoms with Crippen molar-refractivity contribution in [3.05, 3.63) is 35.4 Å². The van der Waals surface area contributed by atoms with Crippen LogP contribution in [-0.2, 0) is 5.41 Å². The lowest BCUT2D eigenvalue weighted by atomic mass is 9.65. The van der Waals surface area contributed by atoms with Crippen molar-refractivity contribution in [3.8, 4) is 11.5 Å². The Labute approximate surface area is 127 Å². The van der Waals surface area contributed by atoms with E-state index >= 15 is 0 Å². The second kappa shape index (κ2) is 4.02. The van der Waals surface area contributed by atoms with Gasteiger partial charge in [0.1, 0.15) is 6.23 Å². The standard InChI is InChI=1S/C16H17NO5/c18-8-1-2-16-10-5-12-11(21-7-22-12)4-9(10)15(20)17(6-14(16)19)13(16)3-8/h1-2,4-5,8,13-15,18-20H,3,6-7H2/t8-,13+,14-,15-,16+/m1/s1. The van der Waals surface area contributed by atoms with Crippen LogP contribution in [0.3, 0.4) is 0 Å². The van der Waals surface area contributed by atoms with Gasteiger partial charge in [-0.3, -0.25) is 4.90 Å². The van der Waals surface area contributed by atoms with Crippen molar-refractivity contribution in [2.24, 2.45) is 0 Å². The summed E-state index contributed by atoms with van der Waals surface area (Å²) in [5.41, 5.74) is 1.02. The van der Waals surface area contributed by atoms with Gasteiger partial charge in [-0.05, 0) is 24.1 Å². The summed E-state index contributed by atoms with van der Waals surface area (Å²) in [7, 11) is 0. The molecule has 3 N–H and O–H groups in total. The molecule has 5 rings (SSSR count). The minimum absolute atomic E-state index is 0.120. The predicted molar refractivity (Wildman–Crippen MR) is 75.5 cm³/mol. The summed E-state index contributed by atoms with van der Waals surface area (Å²) in [5.74, 6) is 1.27. The van der Waals surface area contributed by atoms with Crippen LogP contribution in [-0.4, -0.2) is 51.8 Å². The fraction of sp³-hybridized carbons (Fsp3) is 0.500. The largest absolute Gasteiger partial charge is 0.454 e. The zero-order valence-corrected chi connectivity index (χ0v) is 11.8. The topological polar surface area (TPSA) is 82.4 Å². The van der Waals surface area contributed by atoms with E-state index in [0.29, 0.717) is 24.5 Å². The molecule has 0 radical (unpaired) electrons. The Morgan fingerprint density at radius 1 is 1.14 bits per heavy atom. The Morgan fingerprint density at radius 3 is 2.73 bits per heavy atom. The molecule has 1 aromatic rings. The van der Waals surface area contributed by atoms with Crippen molar-refractivity contribution in [3.63, 3.8) is 0 Å². The molecule has 3 heterocycles. The molecule has 1 fully saturated rings. The van der Waals surface area contributed by atoms with Crippen LogP contribution in [0, 0.1) is 0 Å². The maximum absolute atomic E-state index is 10.7. The molecule has 1 aliphatic carbocycles. The van der Waals surface area contributed by atoms with E-state index in [1.807, 2.05) is 23.1 Å². The molecular weight excluding hydrogens is 286 g/mol. The van der Waals surface area contributed by atoms with Crippen molar-refractivity contribution >= 4 is 0 Å². The van der Waals surface area contributed by atoms with Crippen LogP contribution in [0.2, 0.25) is 0 Å². The molecule has 1 unspecified atom stereocenters. The quantitative estimate of drug-likeness (QED) is 0.586. The summed E-state index contributed by atoms with van der Waals surface area (Å²) < 4.78 is 10.9. The van der Waals surface area contributed by atoms with E-state index in [4.69, 9.17) is 9.47 Å². The maximum Gasteiger partial charge on any atom is 0.231 e. The lowest BCUT2D eigenvalue weighted by molar-refractivity contribution is -0.0364. The number of ether oxygens (including phenoxy) is 2. The van der Waals surface area contributed by atoms with Gasteiger partial charge in [-0.2, -0.15) is 0 Å². The molecule has 6 heteroatoms. The summed E-state index contributed by atoms with van der Waals surface area (Å²) in [6.45, 7) is 0.551. The van der Waals surface area contributed by atoms with Gasteiger partial charge in [0.2, 0.25) is 6.79 Å². The van der Waals surface area contributed by atoms with Crippen molar-refractivity contribution in [2.75, 3.05) is 13.3 Å². The van der Waals surface area contributed by atoms with E-state index in [1.54, 1.807) is 6.08 Å². The van der Waals surface area contributed by atoms with Gasteiger partial charge in [0, 0.05) is 18.2 Å². The number of rotatable bonds is 0. The van der Waals surface area contributed by atoms with Crippen LogP contribution in [0.5, 0.6) is 11.5 Å². The summed E-state index contributed by atoms with van der Waals surface area (Å²) in [5, 5.41) is 31.4.